The summed E-state index contributed by atoms with van der Waals surface area (Å²) in [6, 6.07) is 5.34. The highest BCUT2D eigenvalue weighted by Crippen LogP contribution is 2.29. The van der Waals surface area contributed by atoms with Crippen molar-refractivity contribution in [1.29, 1.82) is 0 Å². The summed E-state index contributed by atoms with van der Waals surface area (Å²) in [5, 5.41) is 9.24. The Morgan fingerprint density at radius 3 is 2.90 bits per heavy atom. The summed E-state index contributed by atoms with van der Waals surface area (Å²) in [6.07, 6.45) is 1.84. The number of fused-ring (bicyclic) bond motifs is 1. The van der Waals surface area contributed by atoms with Gasteiger partial charge in [-0.1, -0.05) is 18.2 Å². The number of hydrogen-bond donors (Lipinski definition) is 3. The zero-order valence-corrected chi connectivity index (χ0v) is 16.7. The van der Waals surface area contributed by atoms with Crippen LogP contribution in [0.5, 0.6) is 0 Å². The van der Waals surface area contributed by atoms with Crippen LogP contribution in [-0.2, 0) is 22.7 Å². The van der Waals surface area contributed by atoms with E-state index in [0.717, 1.165) is 50.4 Å². The van der Waals surface area contributed by atoms with Gasteiger partial charge in [-0.25, -0.2) is 0 Å². The van der Waals surface area contributed by atoms with E-state index in [0.29, 0.717) is 25.1 Å². The van der Waals surface area contributed by atoms with E-state index < -0.39 is 6.04 Å². The fraction of sp³-hybridized carbons (Fsp3) is 0.571. The molecule has 3 aliphatic heterocycles. The highest BCUT2D eigenvalue weighted by atomic mass is 16.2. The van der Waals surface area contributed by atoms with Crippen LogP contribution in [0.2, 0.25) is 0 Å². The predicted octanol–water partition coefficient (Wildman–Crippen LogP) is -0.167. The predicted molar refractivity (Wildman–Crippen MR) is 108 cm³/mol. The minimum absolute atomic E-state index is 0.106. The average Bonchev–Trinajstić information content (AvgIpc) is 2.88. The minimum atomic E-state index is -0.565. The molecule has 0 bridgehead atoms. The largest absolute Gasteiger partial charge is 0.322 e. The molecule has 8 nitrogen and oxygen atoms in total. The SMILES string of the molecule is O=C1CCC(N2Cc3cccc(CNCCN4CCCNCC4)c3C2=O)C(=O)N1. The Balaban J connectivity index is 1.36. The first kappa shape index (κ1) is 20.0. The topological polar surface area (TPSA) is 93.8 Å². The highest BCUT2D eigenvalue weighted by molar-refractivity contribution is 6.05. The van der Waals surface area contributed by atoms with Crippen molar-refractivity contribution in [2.75, 3.05) is 39.3 Å². The third-order valence-corrected chi connectivity index (χ3v) is 5.99. The fourth-order valence-electron chi connectivity index (χ4n) is 4.42. The molecule has 0 aromatic heterocycles. The molecule has 1 aromatic carbocycles. The maximum Gasteiger partial charge on any atom is 0.255 e. The number of amides is 3. The quantitative estimate of drug-likeness (QED) is 0.454. The summed E-state index contributed by atoms with van der Waals surface area (Å²) in [7, 11) is 0. The van der Waals surface area contributed by atoms with Gasteiger partial charge in [0.15, 0.2) is 0 Å². The first-order valence-corrected chi connectivity index (χ1v) is 10.5. The molecular formula is C21H29N5O3. The van der Waals surface area contributed by atoms with Gasteiger partial charge in [-0.05, 0) is 37.1 Å². The number of hydrogen-bond acceptors (Lipinski definition) is 6. The van der Waals surface area contributed by atoms with E-state index in [4.69, 9.17) is 0 Å². The van der Waals surface area contributed by atoms with Crippen molar-refractivity contribution in [2.24, 2.45) is 0 Å². The van der Waals surface area contributed by atoms with Crippen LogP contribution in [0.3, 0.4) is 0 Å². The average molecular weight is 399 g/mol. The fourth-order valence-corrected chi connectivity index (χ4v) is 4.42. The number of benzene rings is 1. The minimum Gasteiger partial charge on any atom is -0.322 e. The van der Waals surface area contributed by atoms with E-state index >= 15 is 0 Å². The summed E-state index contributed by atoms with van der Waals surface area (Å²) >= 11 is 0. The Labute approximate surface area is 171 Å². The van der Waals surface area contributed by atoms with Crippen molar-refractivity contribution in [1.82, 2.24) is 25.8 Å². The summed E-state index contributed by atoms with van der Waals surface area (Å²) in [6.45, 7) is 7.24. The van der Waals surface area contributed by atoms with Crippen LogP contribution in [-0.4, -0.2) is 72.8 Å². The zero-order valence-electron chi connectivity index (χ0n) is 16.7. The number of piperidine rings is 1. The zero-order chi connectivity index (χ0) is 20.2. The van der Waals surface area contributed by atoms with Crippen molar-refractivity contribution in [3.05, 3.63) is 34.9 Å². The maximum absolute atomic E-state index is 13.1. The van der Waals surface area contributed by atoms with Crippen LogP contribution in [0.25, 0.3) is 0 Å². The van der Waals surface area contributed by atoms with Crippen LogP contribution in [0.4, 0.5) is 0 Å². The van der Waals surface area contributed by atoms with Crippen molar-refractivity contribution in [2.45, 2.75) is 38.4 Å². The van der Waals surface area contributed by atoms with Gasteiger partial charge >= 0.3 is 0 Å². The lowest BCUT2D eigenvalue weighted by Gasteiger charge is -2.29. The second kappa shape index (κ2) is 9.02. The van der Waals surface area contributed by atoms with Crippen LogP contribution < -0.4 is 16.0 Å². The lowest BCUT2D eigenvalue weighted by atomic mass is 10.0. The molecule has 2 saturated heterocycles. The number of imide groups is 1. The van der Waals surface area contributed by atoms with E-state index in [-0.39, 0.29) is 24.1 Å². The molecular weight excluding hydrogens is 370 g/mol. The second-order valence-electron chi connectivity index (χ2n) is 7.97. The molecule has 29 heavy (non-hydrogen) atoms. The van der Waals surface area contributed by atoms with Crippen molar-refractivity contribution < 1.29 is 14.4 Å². The second-order valence-corrected chi connectivity index (χ2v) is 7.97. The molecule has 3 amide bonds. The molecule has 3 heterocycles. The maximum atomic E-state index is 13.1. The van der Waals surface area contributed by atoms with Crippen molar-refractivity contribution in [3.63, 3.8) is 0 Å². The van der Waals surface area contributed by atoms with Crippen LogP contribution >= 0.6 is 0 Å². The summed E-state index contributed by atoms with van der Waals surface area (Å²) in [5.74, 6) is -0.736. The van der Waals surface area contributed by atoms with E-state index in [1.807, 2.05) is 18.2 Å². The Bertz CT molecular complexity index is 789. The first-order chi connectivity index (χ1) is 14.1. The molecule has 0 aliphatic carbocycles. The van der Waals surface area contributed by atoms with Crippen molar-refractivity contribution >= 4 is 17.7 Å². The van der Waals surface area contributed by atoms with Crippen LogP contribution in [0, 0.1) is 0 Å². The molecule has 1 aromatic rings. The molecule has 4 rings (SSSR count). The first-order valence-electron chi connectivity index (χ1n) is 10.5. The molecule has 1 atom stereocenters. The summed E-state index contributed by atoms with van der Waals surface area (Å²) in [5.41, 5.74) is 2.64. The smallest absolute Gasteiger partial charge is 0.255 e. The van der Waals surface area contributed by atoms with Gasteiger partial charge in [-0.15, -0.1) is 0 Å². The number of carbonyl (C=O) groups is 3. The monoisotopic (exact) mass is 399 g/mol. The molecule has 0 saturated carbocycles. The summed E-state index contributed by atoms with van der Waals surface area (Å²) < 4.78 is 0. The summed E-state index contributed by atoms with van der Waals surface area (Å²) in [4.78, 5) is 40.8. The van der Waals surface area contributed by atoms with E-state index in [2.05, 4.69) is 20.9 Å². The number of nitrogens with one attached hydrogen (secondary N) is 3. The number of rotatable bonds is 6. The van der Waals surface area contributed by atoms with E-state index in [9.17, 15) is 14.4 Å². The van der Waals surface area contributed by atoms with Gasteiger partial charge < -0.3 is 20.4 Å². The third kappa shape index (κ3) is 4.49. The van der Waals surface area contributed by atoms with Crippen molar-refractivity contribution in [3.8, 4) is 0 Å². The van der Waals surface area contributed by atoms with Crippen LogP contribution in [0.15, 0.2) is 18.2 Å². The highest BCUT2D eigenvalue weighted by Gasteiger charge is 2.39. The van der Waals surface area contributed by atoms with Gasteiger partial charge in [0.2, 0.25) is 11.8 Å². The molecule has 1 unspecified atom stereocenters. The van der Waals surface area contributed by atoms with Gasteiger partial charge in [-0.2, -0.15) is 0 Å². The van der Waals surface area contributed by atoms with Gasteiger partial charge in [0.1, 0.15) is 6.04 Å². The Hall–Kier alpha value is -2.29. The number of nitrogens with zero attached hydrogens (tertiary/aromatic N) is 2. The number of carbonyl (C=O) groups excluding carboxylic acids is 3. The molecule has 156 valence electrons. The molecule has 8 heteroatoms. The molecule has 0 spiro atoms. The Kier molecular flexibility index (Phi) is 6.22. The Morgan fingerprint density at radius 2 is 2.03 bits per heavy atom. The standard InChI is InChI=1S/C21H29N5O3/c27-18-6-5-17(20(28)24-18)26-14-16-4-1-3-15(19(16)21(26)29)13-23-9-12-25-10-2-7-22-8-11-25/h1,3-4,17,22-23H,2,5-14H2,(H,24,27,28). The van der Waals surface area contributed by atoms with E-state index in [1.54, 1.807) is 4.90 Å². The normalized spacial score (nSPS) is 23.1. The van der Waals surface area contributed by atoms with E-state index in [1.165, 1.54) is 6.42 Å². The lowest BCUT2D eigenvalue weighted by Crippen LogP contribution is -2.52. The van der Waals surface area contributed by atoms with Gasteiger partial charge in [0, 0.05) is 51.3 Å². The van der Waals surface area contributed by atoms with Crippen LogP contribution in [0.1, 0.15) is 40.7 Å². The van der Waals surface area contributed by atoms with Gasteiger partial charge in [0.25, 0.3) is 5.91 Å². The molecule has 0 radical (unpaired) electrons. The lowest BCUT2D eigenvalue weighted by molar-refractivity contribution is -0.136. The molecule has 3 aliphatic rings. The van der Waals surface area contributed by atoms with Gasteiger partial charge in [0.05, 0.1) is 0 Å². The van der Waals surface area contributed by atoms with Gasteiger partial charge in [-0.3, -0.25) is 19.7 Å². The molecule has 2 fully saturated rings. The Morgan fingerprint density at radius 1 is 1.14 bits per heavy atom. The third-order valence-electron chi connectivity index (χ3n) is 5.99. The molecule has 3 N–H and O–H groups in total.